The van der Waals surface area contributed by atoms with Crippen LogP contribution in [0.4, 0.5) is 0 Å². The predicted octanol–water partition coefficient (Wildman–Crippen LogP) is 2.29. The molecular formula is C16H14ClNO5S. The van der Waals surface area contributed by atoms with Gasteiger partial charge in [0, 0.05) is 5.56 Å². The summed E-state index contributed by atoms with van der Waals surface area (Å²) < 4.78 is 30.7. The standard InChI is InChI=1S/C16H14ClNO5S/c1-18-24(21,22)15-9-12(7-8-13(15)17)16(20)23-10-14(19)11-5-3-2-4-6-11/h2-9,18H,10H2,1H3. The van der Waals surface area contributed by atoms with E-state index in [-0.39, 0.29) is 21.3 Å². The van der Waals surface area contributed by atoms with Gasteiger partial charge in [0.05, 0.1) is 10.6 Å². The second kappa shape index (κ2) is 7.57. The largest absolute Gasteiger partial charge is 0.454 e. The number of carbonyl (C=O) groups is 2. The number of Topliss-reactive ketones (excluding diaryl/α,β-unsaturated/α-hetero) is 1. The highest BCUT2D eigenvalue weighted by molar-refractivity contribution is 7.89. The van der Waals surface area contributed by atoms with Crippen molar-refractivity contribution in [2.45, 2.75) is 4.90 Å². The summed E-state index contributed by atoms with van der Waals surface area (Å²) in [7, 11) is -2.58. The van der Waals surface area contributed by atoms with Crippen LogP contribution in [0.3, 0.4) is 0 Å². The first-order valence-corrected chi connectivity index (χ1v) is 8.70. The molecule has 0 unspecified atom stereocenters. The summed E-state index contributed by atoms with van der Waals surface area (Å²) in [6.45, 7) is -0.445. The van der Waals surface area contributed by atoms with E-state index in [2.05, 4.69) is 4.72 Å². The Morgan fingerprint density at radius 1 is 1.08 bits per heavy atom. The second-order valence-electron chi connectivity index (χ2n) is 4.72. The van der Waals surface area contributed by atoms with E-state index in [1.54, 1.807) is 30.3 Å². The van der Waals surface area contributed by atoms with E-state index < -0.39 is 22.6 Å². The molecule has 0 saturated carbocycles. The molecule has 0 heterocycles. The Bertz CT molecular complexity index is 865. The number of hydrogen-bond acceptors (Lipinski definition) is 5. The lowest BCUT2D eigenvalue weighted by Gasteiger charge is -2.08. The molecule has 0 aliphatic carbocycles. The van der Waals surface area contributed by atoms with Crippen LogP contribution in [-0.4, -0.2) is 33.8 Å². The molecule has 0 bridgehead atoms. The maximum absolute atomic E-state index is 12.0. The third-order valence-corrected chi connectivity index (χ3v) is 5.05. The Kier molecular flexibility index (Phi) is 5.71. The van der Waals surface area contributed by atoms with E-state index in [1.165, 1.54) is 19.2 Å². The molecule has 0 aliphatic rings. The van der Waals surface area contributed by atoms with Crippen molar-refractivity contribution in [1.29, 1.82) is 0 Å². The molecule has 0 radical (unpaired) electrons. The Labute approximate surface area is 144 Å². The Balaban J connectivity index is 2.13. The van der Waals surface area contributed by atoms with Gasteiger partial charge in [-0.1, -0.05) is 41.9 Å². The minimum atomic E-state index is -3.82. The fourth-order valence-corrected chi connectivity index (χ4v) is 3.12. The topological polar surface area (TPSA) is 89.5 Å². The summed E-state index contributed by atoms with van der Waals surface area (Å²) in [6, 6.07) is 12.1. The molecule has 0 spiro atoms. The van der Waals surface area contributed by atoms with Crippen LogP contribution in [0.25, 0.3) is 0 Å². The third kappa shape index (κ3) is 4.19. The third-order valence-electron chi connectivity index (χ3n) is 3.16. The van der Waals surface area contributed by atoms with Crippen LogP contribution in [0.1, 0.15) is 20.7 Å². The summed E-state index contributed by atoms with van der Waals surface area (Å²) in [4.78, 5) is 23.7. The molecule has 0 aliphatic heterocycles. The number of rotatable bonds is 6. The lowest BCUT2D eigenvalue weighted by molar-refractivity contribution is 0.0474. The Hall–Kier alpha value is -2.22. The van der Waals surface area contributed by atoms with Gasteiger partial charge in [-0.2, -0.15) is 0 Å². The number of halogens is 1. The second-order valence-corrected chi connectivity index (χ2v) is 6.98. The van der Waals surface area contributed by atoms with Crippen LogP contribution in [0.5, 0.6) is 0 Å². The molecule has 24 heavy (non-hydrogen) atoms. The highest BCUT2D eigenvalue weighted by Crippen LogP contribution is 2.22. The maximum Gasteiger partial charge on any atom is 0.338 e. The SMILES string of the molecule is CNS(=O)(=O)c1cc(C(=O)OCC(=O)c2ccccc2)ccc1Cl. The van der Waals surface area contributed by atoms with Gasteiger partial charge in [0.2, 0.25) is 10.0 Å². The van der Waals surface area contributed by atoms with Gasteiger partial charge in [-0.25, -0.2) is 17.9 Å². The van der Waals surface area contributed by atoms with E-state index in [4.69, 9.17) is 16.3 Å². The van der Waals surface area contributed by atoms with Crippen LogP contribution < -0.4 is 4.72 Å². The van der Waals surface area contributed by atoms with Crippen LogP contribution in [-0.2, 0) is 14.8 Å². The molecule has 126 valence electrons. The first-order chi connectivity index (χ1) is 11.3. The molecule has 0 atom stereocenters. The van der Waals surface area contributed by atoms with Crippen molar-refractivity contribution in [1.82, 2.24) is 4.72 Å². The molecule has 2 aromatic carbocycles. The van der Waals surface area contributed by atoms with E-state index in [9.17, 15) is 18.0 Å². The first-order valence-electron chi connectivity index (χ1n) is 6.83. The average molecular weight is 368 g/mol. The maximum atomic E-state index is 12.0. The zero-order valence-electron chi connectivity index (χ0n) is 12.7. The van der Waals surface area contributed by atoms with Crippen molar-refractivity contribution in [3.8, 4) is 0 Å². The van der Waals surface area contributed by atoms with Crippen LogP contribution in [0.15, 0.2) is 53.4 Å². The zero-order valence-corrected chi connectivity index (χ0v) is 14.2. The molecule has 0 amide bonds. The van der Waals surface area contributed by atoms with Gasteiger partial charge in [0.1, 0.15) is 4.90 Å². The number of carbonyl (C=O) groups excluding carboxylic acids is 2. The fourth-order valence-electron chi connectivity index (χ4n) is 1.87. The molecule has 8 heteroatoms. The predicted molar refractivity (Wildman–Crippen MR) is 88.8 cm³/mol. The van der Waals surface area contributed by atoms with Crippen LogP contribution >= 0.6 is 11.6 Å². The lowest BCUT2D eigenvalue weighted by atomic mass is 10.1. The van der Waals surface area contributed by atoms with E-state index >= 15 is 0 Å². The van der Waals surface area contributed by atoms with Gasteiger partial charge < -0.3 is 4.74 Å². The van der Waals surface area contributed by atoms with Gasteiger partial charge in [-0.05, 0) is 25.2 Å². The van der Waals surface area contributed by atoms with Gasteiger partial charge in [-0.15, -0.1) is 0 Å². The van der Waals surface area contributed by atoms with Crippen molar-refractivity contribution in [3.63, 3.8) is 0 Å². The van der Waals surface area contributed by atoms with E-state index in [1.807, 2.05) is 0 Å². The van der Waals surface area contributed by atoms with Crippen molar-refractivity contribution in [2.75, 3.05) is 13.7 Å². The monoisotopic (exact) mass is 367 g/mol. The quantitative estimate of drug-likeness (QED) is 0.625. The summed E-state index contributed by atoms with van der Waals surface area (Å²) in [5.41, 5.74) is 0.397. The van der Waals surface area contributed by atoms with Crippen molar-refractivity contribution in [3.05, 3.63) is 64.7 Å². The number of hydrogen-bond donors (Lipinski definition) is 1. The van der Waals surface area contributed by atoms with E-state index in [0.29, 0.717) is 5.56 Å². The number of ketones is 1. The summed E-state index contributed by atoms with van der Waals surface area (Å²) >= 11 is 5.85. The lowest BCUT2D eigenvalue weighted by Crippen LogP contribution is -2.20. The molecule has 0 saturated heterocycles. The highest BCUT2D eigenvalue weighted by atomic mass is 35.5. The minimum absolute atomic E-state index is 0.0194. The Morgan fingerprint density at radius 2 is 1.75 bits per heavy atom. The molecular weight excluding hydrogens is 354 g/mol. The van der Waals surface area contributed by atoms with Crippen LogP contribution in [0.2, 0.25) is 5.02 Å². The molecule has 2 rings (SSSR count). The van der Waals surface area contributed by atoms with Gasteiger partial charge in [0.25, 0.3) is 0 Å². The number of nitrogens with one attached hydrogen (secondary N) is 1. The number of esters is 1. The fraction of sp³-hybridized carbons (Fsp3) is 0.125. The van der Waals surface area contributed by atoms with Crippen LogP contribution in [0, 0.1) is 0 Å². The summed E-state index contributed by atoms with van der Waals surface area (Å²) in [6.07, 6.45) is 0. The molecule has 2 aromatic rings. The first kappa shape index (κ1) is 18.1. The highest BCUT2D eigenvalue weighted by Gasteiger charge is 2.19. The number of ether oxygens (including phenoxy) is 1. The smallest absolute Gasteiger partial charge is 0.338 e. The van der Waals surface area contributed by atoms with Gasteiger partial charge in [0.15, 0.2) is 12.4 Å². The molecule has 0 aromatic heterocycles. The Morgan fingerprint density at radius 3 is 2.38 bits per heavy atom. The average Bonchev–Trinajstić information content (AvgIpc) is 2.60. The summed E-state index contributed by atoms with van der Waals surface area (Å²) in [5.74, 6) is -1.18. The van der Waals surface area contributed by atoms with Crippen molar-refractivity contribution in [2.24, 2.45) is 0 Å². The molecule has 6 nitrogen and oxygen atoms in total. The number of sulfonamides is 1. The van der Waals surface area contributed by atoms with E-state index in [0.717, 1.165) is 6.07 Å². The normalized spacial score (nSPS) is 11.1. The molecule has 0 fully saturated rings. The molecule has 1 N–H and O–H groups in total. The minimum Gasteiger partial charge on any atom is -0.454 e. The van der Waals surface area contributed by atoms with Crippen molar-refractivity contribution < 1.29 is 22.7 Å². The zero-order chi connectivity index (χ0) is 17.7. The van der Waals surface area contributed by atoms with Gasteiger partial charge >= 0.3 is 5.97 Å². The van der Waals surface area contributed by atoms with Gasteiger partial charge in [-0.3, -0.25) is 4.79 Å². The number of benzene rings is 2. The summed E-state index contributed by atoms with van der Waals surface area (Å²) in [5, 5.41) is -0.0266. The van der Waals surface area contributed by atoms with Crippen molar-refractivity contribution >= 4 is 33.4 Å².